The molecule has 0 aliphatic heterocycles. The van der Waals surface area contributed by atoms with Crippen molar-refractivity contribution in [3.8, 4) is 0 Å². The van der Waals surface area contributed by atoms with Gasteiger partial charge >= 0.3 is 5.97 Å². The second-order valence-corrected chi connectivity index (χ2v) is 7.03. The number of esters is 1. The van der Waals surface area contributed by atoms with Crippen LogP contribution in [0, 0.1) is 5.82 Å². The van der Waals surface area contributed by atoms with E-state index in [4.69, 9.17) is 4.74 Å². The Kier molecular flexibility index (Phi) is 6.68. The molecule has 0 saturated heterocycles. The summed E-state index contributed by atoms with van der Waals surface area (Å²) in [5.74, 6) is -1.11. The summed E-state index contributed by atoms with van der Waals surface area (Å²) in [7, 11) is 0. The van der Waals surface area contributed by atoms with E-state index in [-0.39, 0.29) is 11.2 Å². The number of carbonyl (C=O) groups excluding carboxylic acids is 2. The van der Waals surface area contributed by atoms with Crippen LogP contribution in [0.25, 0.3) is 0 Å². The molecule has 0 aliphatic carbocycles. The first-order valence-corrected chi connectivity index (χ1v) is 8.96. The smallest absolute Gasteiger partial charge is 0.319 e. The highest BCUT2D eigenvalue weighted by Gasteiger charge is 2.21. The zero-order chi connectivity index (χ0) is 17.5. The number of rotatable bonds is 7. The first-order chi connectivity index (χ1) is 11.5. The van der Waals surface area contributed by atoms with Crippen LogP contribution < -0.4 is 5.32 Å². The predicted octanol–water partition coefficient (Wildman–Crippen LogP) is 3.36. The molecule has 1 heterocycles. The minimum atomic E-state index is -0.411. The number of aromatic nitrogens is 2. The fourth-order valence-corrected chi connectivity index (χ4v) is 3.65. The highest BCUT2D eigenvalue weighted by molar-refractivity contribution is 8.02. The molecule has 0 fully saturated rings. The molecule has 9 heteroatoms. The van der Waals surface area contributed by atoms with Crippen LogP contribution in [0.1, 0.15) is 30.6 Å². The summed E-state index contributed by atoms with van der Waals surface area (Å²) >= 11 is 2.42. The minimum Gasteiger partial charge on any atom is -0.465 e. The average Bonchev–Trinajstić information content (AvgIpc) is 3.00. The maximum atomic E-state index is 12.9. The van der Waals surface area contributed by atoms with E-state index in [1.165, 1.54) is 47.4 Å². The van der Waals surface area contributed by atoms with Crippen LogP contribution in [0.3, 0.4) is 0 Å². The number of benzene rings is 1. The Labute approximate surface area is 146 Å². The molecular weight excluding hydrogens is 353 g/mol. The van der Waals surface area contributed by atoms with Gasteiger partial charge in [-0.3, -0.25) is 14.9 Å². The molecule has 0 unspecified atom stereocenters. The van der Waals surface area contributed by atoms with E-state index in [1.54, 1.807) is 6.92 Å². The number of ether oxygens (including phenoxy) is 1. The van der Waals surface area contributed by atoms with Crippen molar-refractivity contribution in [3.63, 3.8) is 0 Å². The molecule has 0 saturated carbocycles. The molecule has 0 spiro atoms. The lowest BCUT2D eigenvalue weighted by Crippen LogP contribution is -2.19. The largest absolute Gasteiger partial charge is 0.465 e. The van der Waals surface area contributed by atoms with Crippen molar-refractivity contribution in [1.82, 2.24) is 10.2 Å². The fraction of sp³-hybridized carbons (Fsp3) is 0.333. The zero-order valence-electron chi connectivity index (χ0n) is 13.1. The van der Waals surface area contributed by atoms with Gasteiger partial charge in [0.2, 0.25) is 5.13 Å². The van der Waals surface area contributed by atoms with Gasteiger partial charge in [-0.2, -0.15) is 0 Å². The van der Waals surface area contributed by atoms with Crippen molar-refractivity contribution in [2.45, 2.75) is 29.9 Å². The summed E-state index contributed by atoms with van der Waals surface area (Å²) in [6.45, 7) is 3.96. The Balaban J connectivity index is 1.98. The Bertz CT molecular complexity index is 706. The van der Waals surface area contributed by atoms with Crippen LogP contribution in [-0.4, -0.2) is 33.9 Å². The summed E-state index contributed by atoms with van der Waals surface area (Å²) in [5, 5.41) is 10.4. The standard InChI is InChI=1S/C15H16FN3O3S2/c1-3-11(13(21)22-4-2)23-15-19-18-14(24-15)17-12(20)9-5-7-10(16)8-6-9/h5-8,11H,3-4H2,1-2H3,(H,17,18,20)/t11-/m0/s1. The second-order valence-electron chi connectivity index (χ2n) is 4.60. The Hall–Kier alpha value is -2.00. The highest BCUT2D eigenvalue weighted by Crippen LogP contribution is 2.31. The topological polar surface area (TPSA) is 81.2 Å². The van der Waals surface area contributed by atoms with Crippen molar-refractivity contribution in [1.29, 1.82) is 0 Å². The number of halogens is 1. The maximum absolute atomic E-state index is 12.9. The van der Waals surface area contributed by atoms with Gasteiger partial charge < -0.3 is 4.74 Å². The minimum absolute atomic E-state index is 0.294. The van der Waals surface area contributed by atoms with Crippen molar-refractivity contribution in [3.05, 3.63) is 35.6 Å². The Morgan fingerprint density at radius 1 is 1.29 bits per heavy atom. The number of carbonyl (C=O) groups is 2. The van der Waals surface area contributed by atoms with Gasteiger partial charge in [0.05, 0.1) is 6.61 Å². The van der Waals surface area contributed by atoms with Gasteiger partial charge in [0.15, 0.2) is 4.34 Å². The monoisotopic (exact) mass is 369 g/mol. The SMILES string of the molecule is CCOC(=O)[C@H](CC)Sc1nnc(NC(=O)c2ccc(F)cc2)s1. The highest BCUT2D eigenvalue weighted by atomic mass is 32.2. The lowest BCUT2D eigenvalue weighted by Gasteiger charge is -2.10. The molecule has 0 aliphatic rings. The van der Waals surface area contributed by atoms with Crippen LogP contribution in [-0.2, 0) is 9.53 Å². The van der Waals surface area contributed by atoms with E-state index in [2.05, 4.69) is 15.5 Å². The summed E-state index contributed by atoms with van der Waals surface area (Å²) in [6, 6.07) is 5.19. The molecule has 1 amide bonds. The molecule has 2 rings (SSSR count). The third-order valence-corrected chi connectivity index (χ3v) is 5.16. The molecule has 6 nitrogen and oxygen atoms in total. The summed E-state index contributed by atoms with van der Waals surface area (Å²) < 4.78 is 18.4. The number of anilines is 1. The van der Waals surface area contributed by atoms with Gasteiger partial charge in [-0.05, 0) is 37.6 Å². The van der Waals surface area contributed by atoms with Gasteiger partial charge in [0.25, 0.3) is 5.91 Å². The quantitative estimate of drug-likeness (QED) is 0.458. The number of nitrogens with one attached hydrogen (secondary N) is 1. The van der Waals surface area contributed by atoms with Crippen molar-refractivity contribution < 1.29 is 18.7 Å². The summed E-state index contributed by atoms with van der Waals surface area (Å²) in [4.78, 5) is 23.8. The third kappa shape index (κ3) is 5.00. The van der Waals surface area contributed by atoms with Gasteiger partial charge in [0, 0.05) is 5.56 Å². The lowest BCUT2D eigenvalue weighted by molar-refractivity contribution is -0.142. The van der Waals surface area contributed by atoms with Crippen LogP contribution >= 0.6 is 23.1 Å². The summed E-state index contributed by atoms with van der Waals surface area (Å²) in [5.41, 5.74) is 0.318. The van der Waals surface area contributed by atoms with E-state index in [0.29, 0.717) is 28.1 Å². The maximum Gasteiger partial charge on any atom is 0.319 e. The Morgan fingerprint density at radius 3 is 2.62 bits per heavy atom. The molecule has 128 valence electrons. The number of amides is 1. The fourth-order valence-electron chi connectivity index (χ4n) is 1.73. The van der Waals surface area contributed by atoms with Crippen LogP contribution in [0.2, 0.25) is 0 Å². The first kappa shape index (κ1) is 18.3. The zero-order valence-corrected chi connectivity index (χ0v) is 14.7. The molecule has 2 aromatic rings. The first-order valence-electron chi connectivity index (χ1n) is 7.27. The van der Waals surface area contributed by atoms with Gasteiger partial charge in [-0.25, -0.2) is 4.39 Å². The third-order valence-electron chi connectivity index (χ3n) is 2.90. The van der Waals surface area contributed by atoms with Gasteiger partial charge in [-0.15, -0.1) is 10.2 Å². The normalized spacial score (nSPS) is 11.8. The molecular formula is C15H16FN3O3S2. The van der Waals surface area contributed by atoms with E-state index >= 15 is 0 Å². The molecule has 1 aromatic carbocycles. The van der Waals surface area contributed by atoms with Crippen molar-refractivity contribution in [2.75, 3.05) is 11.9 Å². The van der Waals surface area contributed by atoms with E-state index in [9.17, 15) is 14.0 Å². The molecule has 0 radical (unpaired) electrons. The number of thioether (sulfide) groups is 1. The molecule has 1 aromatic heterocycles. The van der Waals surface area contributed by atoms with E-state index < -0.39 is 11.7 Å². The van der Waals surface area contributed by atoms with Gasteiger partial charge in [-0.1, -0.05) is 30.0 Å². The lowest BCUT2D eigenvalue weighted by atomic mass is 10.2. The van der Waals surface area contributed by atoms with Crippen LogP contribution in [0.4, 0.5) is 9.52 Å². The van der Waals surface area contributed by atoms with Crippen LogP contribution in [0.5, 0.6) is 0 Å². The summed E-state index contributed by atoms with van der Waals surface area (Å²) in [6.07, 6.45) is 0.598. The van der Waals surface area contributed by atoms with Gasteiger partial charge in [0.1, 0.15) is 11.1 Å². The van der Waals surface area contributed by atoms with E-state index in [1.807, 2.05) is 6.92 Å². The number of nitrogens with zero attached hydrogens (tertiary/aromatic N) is 2. The second kappa shape index (κ2) is 8.74. The number of hydrogen-bond acceptors (Lipinski definition) is 7. The van der Waals surface area contributed by atoms with E-state index in [0.717, 1.165) is 0 Å². The van der Waals surface area contributed by atoms with Crippen molar-refractivity contribution in [2.24, 2.45) is 0 Å². The Morgan fingerprint density at radius 2 is 2.00 bits per heavy atom. The average molecular weight is 369 g/mol. The number of hydrogen-bond donors (Lipinski definition) is 1. The molecule has 1 atom stereocenters. The van der Waals surface area contributed by atoms with Crippen LogP contribution in [0.15, 0.2) is 28.6 Å². The van der Waals surface area contributed by atoms with Crippen molar-refractivity contribution >= 4 is 40.1 Å². The predicted molar refractivity (Wildman–Crippen MR) is 90.8 cm³/mol. The molecule has 1 N–H and O–H groups in total. The molecule has 24 heavy (non-hydrogen) atoms. The molecule has 0 bridgehead atoms.